The summed E-state index contributed by atoms with van der Waals surface area (Å²) in [7, 11) is 0. The van der Waals surface area contributed by atoms with Crippen LogP contribution in [-0.4, -0.2) is 34.8 Å². The van der Waals surface area contributed by atoms with Crippen LogP contribution in [0.15, 0.2) is 0 Å². The monoisotopic (exact) mass is 365 g/mol. The van der Waals surface area contributed by atoms with Crippen molar-refractivity contribution in [2.75, 3.05) is 5.32 Å². The zero-order valence-corrected chi connectivity index (χ0v) is 14.2. The number of aryl methyl sites for hydroxylation is 1. The van der Waals surface area contributed by atoms with E-state index in [-0.39, 0.29) is 11.2 Å². The molecule has 1 aromatic heterocycles. The Labute approximate surface area is 140 Å². The SMILES string of the molecule is CC(C)(C)OC(=O)NC1CCc2nc(NC(=O)C(F)(F)F)sc2C1. The lowest BCUT2D eigenvalue weighted by molar-refractivity contribution is -0.167. The second-order valence-corrected chi connectivity index (χ2v) is 7.51. The number of anilines is 1. The van der Waals surface area contributed by atoms with Gasteiger partial charge in [-0.1, -0.05) is 0 Å². The molecule has 1 atom stereocenters. The van der Waals surface area contributed by atoms with Crippen molar-refractivity contribution < 1.29 is 27.5 Å². The van der Waals surface area contributed by atoms with Gasteiger partial charge in [0, 0.05) is 17.3 Å². The molecule has 1 unspecified atom stereocenters. The van der Waals surface area contributed by atoms with Crippen LogP contribution in [0.5, 0.6) is 0 Å². The van der Waals surface area contributed by atoms with E-state index in [0.29, 0.717) is 25.0 Å². The number of ether oxygens (including phenoxy) is 1. The summed E-state index contributed by atoms with van der Waals surface area (Å²) in [5, 5.41) is 4.42. The molecule has 0 saturated heterocycles. The Morgan fingerprint density at radius 3 is 2.54 bits per heavy atom. The first kappa shape index (κ1) is 18.5. The zero-order chi connectivity index (χ0) is 18.1. The molecule has 134 valence electrons. The largest absolute Gasteiger partial charge is 0.471 e. The Hall–Kier alpha value is -1.84. The number of halogens is 3. The molecule has 6 nitrogen and oxygen atoms in total. The molecular formula is C14H18F3N3O3S. The highest BCUT2D eigenvalue weighted by molar-refractivity contribution is 7.15. The number of amides is 2. The second-order valence-electron chi connectivity index (χ2n) is 6.43. The minimum atomic E-state index is -4.95. The first-order valence-electron chi connectivity index (χ1n) is 7.30. The number of nitrogens with one attached hydrogen (secondary N) is 2. The Morgan fingerprint density at radius 1 is 1.29 bits per heavy atom. The summed E-state index contributed by atoms with van der Waals surface area (Å²) in [6, 6.07) is -0.182. The summed E-state index contributed by atoms with van der Waals surface area (Å²) < 4.78 is 42.0. The standard InChI is InChI=1S/C14H18F3N3O3S/c1-13(2,3)23-12(22)18-7-4-5-8-9(6-7)24-11(19-8)20-10(21)14(15,16)17/h7H,4-6H2,1-3H3,(H,18,22)(H,19,20,21). The van der Waals surface area contributed by atoms with Crippen LogP contribution in [0, 0.1) is 0 Å². The molecule has 0 fully saturated rings. The maximum atomic E-state index is 12.3. The lowest BCUT2D eigenvalue weighted by Crippen LogP contribution is -2.41. The Morgan fingerprint density at radius 2 is 1.96 bits per heavy atom. The summed E-state index contributed by atoms with van der Waals surface area (Å²) in [6.07, 6.45) is -3.94. The molecule has 24 heavy (non-hydrogen) atoms. The number of hydrogen-bond donors (Lipinski definition) is 2. The summed E-state index contributed by atoms with van der Waals surface area (Å²) in [4.78, 5) is 27.5. The predicted molar refractivity (Wildman–Crippen MR) is 82.0 cm³/mol. The number of carbonyl (C=O) groups excluding carboxylic acids is 2. The first-order chi connectivity index (χ1) is 10.9. The molecule has 1 heterocycles. The maximum Gasteiger partial charge on any atom is 0.471 e. The van der Waals surface area contributed by atoms with E-state index in [1.807, 2.05) is 0 Å². The summed E-state index contributed by atoms with van der Waals surface area (Å²) in [6.45, 7) is 5.26. The summed E-state index contributed by atoms with van der Waals surface area (Å²) in [5.74, 6) is -2.04. The van der Waals surface area contributed by atoms with Gasteiger partial charge < -0.3 is 10.1 Å². The van der Waals surface area contributed by atoms with Gasteiger partial charge in [0.05, 0.1) is 5.69 Å². The van der Waals surface area contributed by atoms with Gasteiger partial charge in [-0.3, -0.25) is 10.1 Å². The van der Waals surface area contributed by atoms with Crippen molar-refractivity contribution in [3.63, 3.8) is 0 Å². The lowest BCUT2D eigenvalue weighted by Gasteiger charge is -2.25. The van der Waals surface area contributed by atoms with Gasteiger partial charge in [-0.2, -0.15) is 13.2 Å². The fourth-order valence-corrected chi connectivity index (χ4v) is 3.28. The molecule has 0 spiro atoms. The van der Waals surface area contributed by atoms with E-state index in [0.717, 1.165) is 16.2 Å². The van der Waals surface area contributed by atoms with Crippen LogP contribution in [0.1, 0.15) is 37.8 Å². The van der Waals surface area contributed by atoms with Crippen LogP contribution in [0.2, 0.25) is 0 Å². The van der Waals surface area contributed by atoms with Crippen molar-refractivity contribution in [3.8, 4) is 0 Å². The maximum absolute atomic E-state index is 12.3. The second kappa shape index (κ2) is 6.58. The zero-order valence-electron chi connectivity index (χ0n) is 13.4. The minimum absolute atomic E-state index is 0.0831. The molecule has 2 N–H and O–H groups in total. The Kier molecular flexibility index (Phi) is 5.07. The molecule has 1 aromatic rings. The van der Waals surface area contributed by atoms with E-state index < -0.39 is 23.8 Å². The third-order valence-electron chi connectivity index (χ3n) is 3.14. The number of thiazole rings is 1. The number of carbonyl (C=O) groups is 2. The van der Waals surface area contributed by atoms with Gasteiger partial charge in [-0.15, -0.1) is 11.3 Å². The van der Waals surface area contributed by atoms with Crippen molar-refractivity contribution >= 4 is 28.5 Å². The fraction of sp³-hybridized carbons (Fsp3) is 0.643. The highest BCUT2D eigenvalue weighted by atomic mass is 32.1. The van der Waals surface area contributed by atoms with Gasteiger partial charge in [0.2, 0.25) is 0 Å². The van der Waals surface area contributed by atoms with Gasteiger partial charge in [-0.25, -0.2) is 9.78 Å². The fourth-order valence-electron chi connectivity index (χ4n) is 2.19. The minimum Gasteiger partial charge on any atom is -0.444 e. The van der Waals surface area contributed by atoms with E-state index in [1.54, 1.807) is 26.1 Å². The molecular weight excluding hydrogens is 347 g/mol. The molecule has 1 aliphatic carbocycles. The van der Waals surface area contributed by atoms with Crippen molar-refractivity contribution in [3.05, 3.63) is 10.6 Å². The molecule has 10 heteroatoms. The number of nitrogens with zero attached hydrogens (tertiary/aromatic N) is 1. The van der Waals surface area contributed by atoms with Crippen molar-refractivity contribution in [2.24, 2.45) is 0 Å². The quantitative estimate of drug-likeness (QED) is 0.844. The van der Waals surface area contributed by atoms with E-state index >= 15 is 0 Å². The molecule has 0 aromatic carbocycles. The number of alkyl carbamates (subject to hydrolysis) is 1. The van der Waals surface area contributed by atoms with Crippen LogP contribution in [0.3, 0.4) is 0 Å². The van der Waals surface area contributed by atoms with Gasteiger partial charge >= 0.3 is 18.2 Å². The number of fused-ring (bicyclic) bond motifs is 1. The Balaban J connectivity index is 1.96. The number of alkyl halides is 3. The van der Waals surface area contributed by atoms with Crippen molar-refractivity contribution in [1.82, 2.24) is 10.3 Å². The average molecular weight is 365 g/mol. The smallest absolute Gasteiger partial charge is 0.444 e. The van der Waals surface area contributed by atoms with E-state index in [4.69, 9.17) is 4.74 Å². The lowest BCUT2D eigenvalue weighted by atomic mass is 9.98. The van der Waals surface area contributed by atoms with Crippen LogP contribution < -0.4 is 10.6 Å². The summed E-state index contributed by atoms with van der Waals surface area (Å²) in [5.41, 5.74) is 0.0448. The van der Waals surface area contributed by atoms with Crippen molar-refractivity contribution in [2.45, 2.75) is 57.9 Å². The number of rotatable bonds is 2. The number of hydrogen-bond acceptors (Lipinski definition) is 5. The van der Waals surface area contributed by atoms with Gasteiger partial charge in [0.15, 0.2) is 5.13 Å². The van der Waals surface area contributed by atoms with Crippen molar-refractivity contribution in [1.29, 1.82) is 0 Å². The van der Waals surface area contributed by atoms with E-state index in [2.05, 4.69) is 10.3 Å². The number of aromatic nitrogens is 1. The van der Waals surface area contributed by atoms with Gasteiger partial charge in [-0.05, 0) is 33.6 Å². The van der Waals surface area contributed by atoms with Gasteiger partial charge in [0.1, 0.15) is 5.60 Å². The molecule has 2 amide bonds. The normalized spacial score (nSPS) is 17.8. The first-order valence-corrected chi connectivity index (χ1v) is 8.12. The molecule has 2 rings (SSSR count). The summed E-state index contributed by atoms with van der Waals surface area (Å²) >= 11 is 0.989. The van der Waals surface area contributed by atoms with E-state index in [1.165, 1.54) is 0 Å². The van der Waals surface area contributed by atoms with E-state index in [9.17, 15) is 22.8 Å². The molecule has 1 aliphatic rings. The highest BCUT2D eigenvalue weighted by Gasteiger charge is 2.39. The molecule has 0 radical (unpaired) electrons. The molecule has 0 aliphatic heterocycles. The molecule has 0 bridgehead atoms. The molecule has 0 saturated carbocycles. The third-order valence-corrected chi connectivity index (χ3v) is 4.17. The third kappa shape index (κ3) is 5.08. The average Bonchev–Trinajstić information content (AvgIpc) is 2.76. The predicted octanol–water partition coefficient (Wildman–Crippen LogP) is 3.03. The van der Waals surface area contributed by atoms with Crippen LogP contribution in [0.4, 0.5) is 23.1 Å². The van der Waals surface area contributed by atoms with Gasteiger partial charge in [0.25, 0.3) is 0 Å². The highest BCUT2D eigenvalue weighted by Crippen LogP contribution is 2.31. The van der Waals surface area contributed by atoms with Crippen LogP contribution in [-0.2, 0) is 22.4 Å². The topological polar surface area (TPSA) is 80.3 Å². The van der Waals surface area contributed by atoms with Crippen LogP contribution >= 0.6 is 11.3 Å². The Bertz CT molecular complexity index is 637. The van der Waals surface area contributed by atoms with Crippen LogP contribution in [0.25, 0.3) is 0 Å².